The van der Waals surface area contributed by atoms with Crippen LogP contribution < -0.4 is 5.32 Å². The molecule has 0 radical (unpaired) electrons. The van der Waals surface area contributed by atoms with Gasteiger partial charge in [-0.05, 0) is 31.9 Å². The van der Waals surface area contributed by atoms with Crippen molar-refractivity contribution in [1.29, 1.82) is 5.26 Å². The van der Waals surface area contributed by atoms with Gasteiger partial charge in [0, 0.05) is 12.6 Å². The summed E-state index contributed by atoms with van der Waals surface area (Å²) in [5.41, 5.74) is 0.666. The number of hydrogen-bond acceptors (Lipinski definition) is 3. The second-order valence-corrected chi connectivity index (χ2v) is 4.16. The molecule has 1 fully saturated rings. The zero-order valence-corrected chi connectivity index (χ0v) is 9.74. The minimum absolute atomic E-state index is 0.0901. The minimum atomic E-state index is -0.474. The number of rotatable bonds is 4. The van der Waals surface area contributed by atoms with Crippen LogP contribution in [0, 0.1) is 17.1 Å². The Labute approximate surface area is 100 Å². The molecule has 1 N–H and O–H groups in total. The predicted octanol–water partition coefficient (Wildman–Crippen LogP) is 2.68. The van der Waals surface area contributed by atoms with Crippen molar-refractivity contribution in [2.24, 2.45) is 0 Å². The van der Waals surface area contributed by atoms with E-state index >= 15 is 0 Å². The zero-order valence-electron chi connectivity index (χ0n) is 9.74. The van der Waals surface area contributed by atoms with Gasteiger partial charge in [-0.15, -0.1) is 0 Å². The summed E-state index contributed by atoms with van der Waals surface area (Å²) in [5.74, 6) is -0.474. The van der Waals surface area contributed by atoms with E-state index in [0.29, 0.717) is 11.8 Å². The Balaban J connectivity index is 1.97. The third kappa shape index (κ3) is 2.56. The Hall–Kier alpha value is -1.60. The normalized spacial score (nSPS) is 22.6. The van der Waals surface area contributed by atoms with Crippen molar-refractivity contribution < 1.29 is 9.13 Å². The third-order valence-corrected chi connectivity index (χ3v) is 2.98. The molecule has 4 heteroatoms. The van der Waals surface area contributed by atoms with E-state index in [1.54, 1.807) is 12.1 Å². The Morgan fingerprint density at radius 3 is 2.94 bits per heavy atom. The fourth-order valence-electron chi connectivity index (χ4n) is 2.03. The van der Waals surface area contributed by atoms with Crippen molar-refractivity contribution in [1.82, 2.24) is 0 Å². The molecule has 0 atom stereocenters. The molecule has 0 heterocycles. The van der Waals surface area contributed by atoms with Crippen LogP contribution in [-0.2, 0) is 4.74 Å². The monoisotopic (exact) mass is 234 g/mol. The number of anilines is 1. The molecule has 0 saturated heterocycles. The molecule has 1 saturated carbocycles. The maximum Gasteiger partial charge on any atom is 0.143 e. The van der Waals surface area contributed by atoms with Crippen LogP contribution >= 0.6 is 0 Å². The van der Waals surface area contributed by atoms with Gasteiger partial charge in [-0.25, -0.2) is 4.39 Å². The first-order valence-corrected chi connectivity index (χ1v) is 5.81. The first-order chi connectivity index (χ1) is 8.24. The van der Waals surface area contributed by atoms with Crippen molar-refractivity contribution in [3.63, 3.8) is 0 Å². The van der Waals surface area contributed by atoms with Gasteiger partial charge in [0.1, 0.15) is 17.4 Å². The molecule has 1 aliphatic rings. The van der Waals surface area contributed by atoms with Gasteiger partial charge >= 0.3 is 0 Å². The summed E-state index contributed by atoms with van der Waals surface area (Å²) in [7, 11) is 0. The van der Waals surface area contributed by atoms with E-state index in [-0.39, 0.29) is 11.6 Å². The first kappa shape index (κ1) is 11.9. The summed E-state index contributed by atoms with van der Waals surface area (Å²) in [4.78, 5) is 0. The van der Waals surface area contributed by atoms with Gasteiger partial charge in [-0.2, -0.15) is 5.26 Å². The average Bonchev–Trinajstić information content (AvgIpc) is 2.26. The molecule has 0 amide bonds. The lowest BCUT2D eigenvalue weighted by Crippen LogP contribution is -2.41. The summed E-state index contributed by atoms with van der Waals surface area (Å²) >= 11 is 0. The van der Waals surface area contributed by atoms with Crippen LogP contribution in [0.5, 0.6) is 0 Å². The van der Waals surface area contributed by atoms with E-state index in [4.69, 9.17) is 10.00 Å². The van der Waals surface area contributed by atoms with Crippen molar-refractivity contribution in [3.8, 4) is 6.07 Å². The Kier molecular flexibility index (Phi) is 3.60. The Bertz CT molecular complexity index is 436. The summed E-state index contributed by atoms with van der Waals surface area (Å²) in [6.45, 7) is 2.70. The standard InChI is InChI=1S/C13H15FN2O/c1-2-17-10-6-9(7-10)16-13-5-3-4-12(14)11(13)8-15/h3-5,9-10,16H,2,6-7H2,1H3. The molecule has 1 aromatic rings. The number of nitriles is 1. The minimum Gasteiger partial charge on any atom is -0.381 e. The molecule has 0 aromatic heterocycles. The molecule has 90 valence electrons. The van der Waals surface area contributed by atoms with Crippen molar-refractivity contribution in [2.45, 2.75) is 31.9 Å². The number of halogens is 1. The fraction of sp³-hybridized carbons (Fsp3) is 0.462. The van der Waals surface area contributed by atoms with Gasteiger partial charge < -0.3 is 10.1 Å². The maximum atomic E-state index is 13.3. The second-order valence-electron chi connectivity index (χ2n) is 4.16. The molecule has 0 bridgehead atoms. The van der Waals surface area contributed by atoms with Crippen LogP contribution in [0.25, 0.3) is 0 Å². The van der Waals surface area contributed by atoms with E-state index < -0.39 is 5.82 Å². The Morgan fingerprint density at radius 2 is 2.29 bits per heavy atom. The van der Waals surface area contributed by atoms with Gasteiger partial charge in [-0.1, -0.05) is 6.07 Å². The molecule has 1 aliphatic carbocycles. The topological polar surface area (TPSA) is 45.0 Å². The highest BCUT2D eigenvalue weighted by Crippen LogP contribution is 2.28. The average molecular weight is 234 g/mol. The lowest BCUT2D eigenvalue weighted by Gasteiger charge is -2.36. The molecule has 1 aromatic carbocycles. The highest BCUT2D eigenvalue weighted by Gasteiger charge is 2.29. The van der Waals surface area contributed by atoms with Crippen LogP contribution in [0.3, 0.4) is 0 Å². The molecule has 17 heavy (non-hydrogen) atoms. The molecule has 3 nitrogen and oxygen atoms in total. The van der Waals surface area contributed by atoms with E-state index in [1.807, 2.05) is 13.0 Å². The van der Waals surface area contributed by atoms with Crippen molar-refractivity contribution >= 4 is 5.69 Å². The maximum absolute atomic E-state index is 13.3. The summed E-state index contributed by atoms with van der Waals surface area (Å²) in [5, 5.41) is 12.1. The van der Waals surface area contributed by atoms with Gasteiger partial charge in [0.25, 0.3) is 0 Å². The molecule has 2 rings (SSSR count). The van der Waals surface area contributed by atoms with Crippen LogP contribution in [0.15, 0.2) is 18.2 Å². The highest BCUT2D eigenvalue weighted by atomic mass is 19.1. The highest BCUT2D eigenvalue weighted by molar-refractivity contribution is 5.58. The van der Waals surface area contributed by atoms with E-state index in [1.165, 1.54) is 6.07 Å². The van der Waals surface area contributed by atoms with E-state index in [9.17, 15) is 4.39 Å². The predicted molar refractivity (Wildman–Crippen MR) is 63.2 cm³/mol. The number of hydrogen-bond donors (Lipinski definition) is 1. The van der Waals surface area contributed by atoms with E-state index in [2.05, 4.69) is 5.32 Å². The van der Waals surface area contributed by atoms with Crippen molar-refractivity contribution in [3.05, 3.63) is 29.6 Å². The van der Waals surface area contributed by atoms with Gasteiger partial charge in [0.2, 0.25) is 0 Å². The van der Waals surface area contributed by atoms with E-state index in [0.717, 1.165) is 19.4 Å². The fourth-order valence-corrected chi connectivity index (χ4v) is 2.03. The van der Waals surface area contributed by atoms with Crippen LogP contribution in [0.1, 0.15) is 25.3 Å². The van der Waals surface area contributed by atoms with Crippen LogP contribution in [0.2, 0.25) is 0 Å². The Morgan fingerprint density at radius 1 is 1.53 bits per heavy atom. The van der Waals surface area contributed by atoms with Gasteiger partial charge in [0.05, 0.1) is 11.8 Å². The number of ether oxygens (including phenoxy) is 1. The smallest absolute Gasteiger partial charge is 0.143 e. The summed E-state index contributed by atoms with van der Waals surface area (Å²) in [6.07, 6.45) is 2.13. The molecule has 0 unspecified atom stereocenters. The summed E-state index contributed by atoms with van der Waals surface area (Å²) in [6, 6.07) is 6.80. The quantitative estimate of drug-likeness (QED) is 0.871. The summed E-state index contributed by atoms with van der Waals surface area (Å²) < 4.78 is 18.8. The second kappa shape index (κ2) is 5.15. The molecule has 0 spiro atoms. The lowest BCUT2D eigenvalue weighted by molar-refractivity contribution is 0.00298. The van der Waals surface area contributed by atoms with Gasteiger partial charge in [0.15, 0.2) is 0 Å². The number of nitrogens with one attached hydrogen (secondary N) is 1. The SMILES string of the molecule is CCOC1CC(Nc2cccc(F)c2C#N)C1. The number of nitrogens with zero attached hydrogens (tertiary/aromatic N) is 1. The number of benzene rings is 1. The first-order valence-electron chi connectivity index (χ1n) is 5.81. The lowest BCUT2D eigenvalue weighted by atomic mass is 9.89. The van der Waals surface area contributed by atoms with Crippen LogP contribution in [-0.4, -0.2) is 18.8 Å². The van der Waals surface area contributed by atoms with Gasteiger partial charge in [-0.3, -0.25) is 0 Å². The molecular weight excluding hydrogens is 219 g/mol. The third-order valence-electron chi connectivity index (χ3n) is 2.98. The van der Waals surface area contributed by atoms with Crippen LogP contribution in [0.4, 0.5) is 10.1 Å². The largest absolute Gasteiger partial charge is 0.381 e. The molecular formula is C13H15FN2O. The zero-order chi connectivity index (χ0) is 12.3. The van der Waals surface area contributed by atoms with Crippen molar-refractivity contribution in [2.75, 3.05) is 11.9 Å². The molecule has 0 aliphatic heterocycles.